The molecule has 23 heavy (non-hydrogen) atoms. The van der Waals surface area contributed by atoms with E-state index in [4.69, 9.17) is 0 Å². The van der Waals surface area contributed by atoms with E-state index in [0.717, 1.165) is 6.20 Å². The molecule has 0 aromatic carbocycles. The first-order valence-corrected chi connectivity index (χ1v) is 6.33. The second-order valence-electron chi connectivity index (χ2n) is 4.38. The van der Waals surface area contributed by atoms with Crippen LogP contribution in [-0.4, -0.2) is 27.7 Å². The Hall–Kier alpha value is -2.91. The first kappa shape index (κ1) is 16.5. The van der Waals surface area contributed by atoms with Crippen molar-refractivity contribution in [3.8, 4) is 5.88 Å². The average molecular weight is 328 g/mol. The standard InChI is InChI=1S/C13H11F3N4O3/c14-13(15,16)8-23-12-9(2-1-5-17-12)6-18-11-4-3-10(7-19-11)20(21)22/h1-5,7H,6,8H2,(H,18,19). The van der Waals surface area contributed by atoms with Crippen LogP contribution in [0.3, 0.4) is 0 Å². The third-order valence-corrected chi connectivity index (χ3v) is 2.64. The van der Waals surface area contributed by atoms with Crippen LogP contribution in [0.15, 0.2) is 36.7 Å². The van der Waals surface area contributed by atoms with Crippen LogP contribution in [0.2, 0.25) is 0 Å². The summed E-state index contributed by atoms with van der Waals surface area (Å²) in [4.78, 5) is 17.5. The summed E-state index contributed by atoms with van der Waals surface area (Å²) >= 11 is 0. The van der Waals surface area contributed by atoms with Crippen LogP contribution in [0, 0.1) is 10.1 Å². The molecule has 2 aromatic heterocycles. The Bertz CT molecular complexity index is 677. The van der Waals surface area contributed by atoms with Crippen molar-refractivity contribution in [3.63, 3.8) is 0 Å². The van der Waals surface area contributed by atoms with Gasteiger partial charge in [-0.15, -0.1) is 0 Å². The second-order valence-corrected chi connectivity index (χ2v) is 4.38. The van der Waals surface area contributed by atoms with Crippen molar-refractivity contribution in [1.29, 1.82) is 0 Å². The Morgan fingerprint density at radius 2 is 2.04 bits per heavy atom. The summed E-state index contributed by atoms with van der Waals surface area (Å²) < 4.78 is 41.2. The highest BCUT2D eigenvalue weighted by molar-refractivity contribution is 5.41. The predicted octanol–water partition coefficient (Wildman–Crippen LogP) is 2.94. The number of nitrogens with zero attached hydrogens (tertiary/aromatic N) is 3. The number of hydrogen-bond donors (Lipinski definition) is 1. The Morgan fingerprint density at radius 3 is 2.65 bits per heavy atom. The Balaban J connectivity index is 2.01. The predicted molar refractivity (Wildman–Crippen MR) is 74.0 cm³/mol. The monoisotopic (exact) mass is 328 g/mol. The van der Waals surface area contributed by atoms with Gasteiger partial charge in [0, 0.05) is 24.4 Å². The minimum absolute atomic E-state index is 0.103. The zero-order valence-corrected chi connectivity index (χ0v) is 11.6. The Kier molecular flexibility index (Phi) is 4.94. The topological polar surface area (TPSA) is 90.2 Å². The second kappa shape index (κ2) is 6.90. The number of pyridine rings is 2. The molecule has 0 aliphatic rings. The first-order chi connectivity index (χ1) is 10.8. The van der Waals surface area contributed by atoms with Crippen molar-refractivity contribution < 1.29 is 22.8 Å². The van der Waals surface area contributed by atoms with Crippen LogP contribution in [0.1, 0.15) is 5.56 Å². The smallest absolute Gasteiger partial charge is 0.422 e. The average Bonchev–Trinajstić information content (AvgIpc) is 2.51. The van der Waals surface area contributed by atoms with Crippen molar-refractivity contribution in [2.45, 2.75) is 12.7 Å². The van der Waals surface area contributed by atoms with Gasteiger partial charge >= 0.3 is 6.18 Å². The lowest BCUT2D eigenvalue weighted by molar-refractivity contribution is -0.385. The van der Waals surface area contributed by atoms with Gasteiger partial charge in [0.2, 0.25) is 5.88 Å². The molecule has 0 atom stereocenters. The number of nitrogens with one attached hydrogen (secondary N) is 1. The van der Waals surface area contributed by atoms with Gasteiger partial charge in [-0.25, -0.2) is 9.97 Å². The summed E-state index contributed by atoms with van der Waals surface area (Å²) in [5.41, 5.74) is 0.239. The fraction of sp³-hybridized carbons (Fsp3) is 0.231. The van der Waals surface area contributed by atoms with Crippen molar-refractivity contribution >= 4 is 11.5 Å². The molecule has 7 nitrogen and oxygen atoms in total. The lowest BCUT2D eigenvalue weighted by Crippen LogP contribution is -2.20. The normalized spacial score (nSPS) is 11.1. The largest absolute Gasteiger partial charge is 0.468 e. The van der Waals surface area contributed by atoms with E-state index in [9.17, 15) is 23.3 Å². The van der Waals surface area contributed by atoms with Crippen LogP contribution < -0.4 is 10.1 Å². The number of hydrogen-bond acceptors (Lipinski definition) is 6. The summed E-state index contributed by atoms with van der Waals surface area (Å²) in [6.07, 6.45) is -2.06. The molecule has 0 unspecified atom stereocenters. The highest BCUT2D eigenvalue weighted by Crippen LogP contribution is 2.21. The molecule has 0 spiro atoms. The van der Waals surface area contributed by atoms with Crippen LogP contribution in [0.25, 0.3) is 0 Å². The molecule has 0 bridgehead atoms. The maximum Gasteiger partial charge on any atom is 0.422 e. The highest BCUT2D eigenvalue weighted by atomic mass is 19.4. The van der Waals surface area contributed by atoms with Gasteiger partial charge in [0.05, 0.1) is 4.92 Å². The van der Waals surface area contributed by atoms with Gasteiger partial charge in [0.1, 0.15) is 12.0 Å². The molecule has 0 fully saturated rings. The number of ether oxygens (including phenoxy) is 1. The molecule has 0 saturated heterocycles. The Morgan fingerprint density at radius 1 is 1.26 bits per heavy atom. The number of nitro groups is 1. The number of anilines is 1. The van der Waals surface area contributed by atoms with E-state index in [1.165, 1.54) is 18.3 Å². The molecule has 0 saturated carbocycles. The highest BCUT2D eigenvalue weighted by Gasteiger charge is 2.29. The minimum atomic E-state index is -4.46. The lowest BCUT2D eigenvalue weighted by Gasteiger charge is -2.12. The molecular formula is C13H11F3N4O3. The van der Waals surface area contributed by atoms with E-state index in [2.05, 4.69) is 20.0 Å². The van der Waals surface area contributed by atoms with E-state index in [1.807, 2.05) is 0 Å². The van der Waals surface area contributed by atoms with Gasteiger partial charge in [-0.2, -0.15) is 13.2 Å². The van der Waals surface area contributed by atoms with Gasteiger partial charge < -0.3 is 10.1 Å². The van der Waals surface area contributed by atoms with E-state index >= 15 is 0 Å². The molecule has 0 aliphatic carbocycles. The SMILES string of the molecule is O=[N+]([O-])c1ccc(NCc2cccnc2OCC(F)(F)F)nc1. The third-order valence-electron chi connectivity index (χ3n) is 2.64. The Labute approximate surface area is 128 Å². The molecular weight excluding hydrogens is 317 g/mol. The first-order valence-electron chi connectivity index (χ1n) is 6.33. The van der Waals surface area contributed by atoms with Gasteiger partial charge in [-0.1, -0.05) is 6.07 Å². The van der Waals surface area contributed by atoms with Crippen molar-refractivity contribution in [3.05, 3.63) is 52.3 Å². The lowest BCUT2D eigenvalue weighted by atomic mass is 10.2. The zero-order chi connectivity index (χ0) is 16.9. The summed E-state index contributed by atoms with van der Waals surface area (Å²) in [7, 11) is 0. The number of alkyl halides is 3. The third kappa shape index (κ3) is 5.09. The summed E-state index contributed by atoms with van der Waals surface area (Å²) in [5.74, 6) is 0.195. The number of aromatic nitrogens is 2. The van der Waals surface area contributed by atoms with E-state index in [0.29, 0.717) is 11.4 Å². The molecule has 2 rings (SSSR count). The summed E-state index contributed by atoms with van der Waals surface area (Å²) in [6.45, 7) is -1.33. The van der Waals surface area contributed by atoms with Crippen molar-refractivity contribution in [2.75, 3.05) is 11.9 Å². The van der Waals surface area contributed by atoms with Crippen molar-refractivity contribution in [2.24, 2.45) is 0 Å². The van der Waals surface area contributed by atoms with E-state index < -0.39 is 17.7 Å². The molecule has 2 aromatic rings. The summed E-state index contributed by atoms with van der Waals surface area (Å²) in [5, 5.41) is 13.3. The van der Waals surface area contributed by atoms with Crippen LogP contribution in [-0.2, 0) is 6.54 Å². The molecule has 10 heteroatoms. The molecule has 0 radical (unpaired) electrons. The van der Waals surface area contributed by atoms with E-state index in [1.54, 1.807) is 12.1 Å². The quantitative estimate of drug-likeness (QED) is 0.648. The van der Waals surface area contributed by atoms with Gasteiger partial charge in [-0.05, 0) is 12.1 Å². The summed E-state index contributed by atoms with van der Waals surface area (Å²) in [6, 6.07) is 5.77. The minimum Gasteiger partial charge on any atom is -0.468 e. The van der Waals surface area contributed by atoms with Gasteiger partial charge in [0.15, 0.2) is 6.61 Å². The maximum absolute atomic E-state index is 12.2. The number of rotatable bonds is 6. The fourth-order valence-corrected chi connectivity index (χ4v) is 1.62. The zero-order valence-electron chi connectivity index (χ0n) is 11.6. The van der Waals surface area contributed by atoms with Crippen LogP contribution >= 0.6 is 0 Å². The molecule has 0 amide bonds. The molecule has 1 N–H and O–H groups in total. The molecule has 2 heterocycles. The maximum atomic E-state index is 12.2. The van der Waals surface area contributed by atoms with Crippen molar-refractivity contribution in [1.82, 2.24) is 9.97 Å². The molecule has 122 valence electrons. The number of halogens is 3. The van der Waals surface area contributed by atoms with Gasteiger partial charge in [0.25, 0.3) is 5.69 Å². The van der Waals surface area contributed by atoms with Crippen LogP contribution in [0.5, 0.6) is 5.88 Å². The molecule has 0 aliphatic heterocycles. The van der Waals surface area contributed by atoms with Crippen LogP contribution in [0.4, 0.5) is 24.7 Å². The van der Waals surface area contributed by atoms with E-state index in [-0.39, 0.29) is 18.1 Å². The fourth-order valence-electron chi connectivity index (χ4n) is 1.62. The van der Waals surface area contributed by atoms with Gasteiger partial charge in [-0.3, -0.25) is 10.1 Å².